The maximum absolute atomic E-state index is 12.5. The number of benzene rings is 3. The number of nitrogens with zero attached hydrogens (tertiary/aromatic N) is 1. The Morgan fingerprint density at radius 2 is 2.00 bits per heavy atom. The van der Waals surface area contributed by atoms with Crippen molar-refractivity contribution in [3.8, 4) is 5.75 Å². The minimum absolute atomic E-state index is 0.110. The molecule has 3 aromatic carbocycles. The van der Waals surface area contributed by atoms with Crippen molar-refractivity contribution in [3.63, 3.8) is 0 Å². The van der Waals surface area contributed by atoms with Crippen LogP contribution in [0.2, 0.25) is 5.02 Å². The van der Waals surface area contributed by atoms with Crippen LogP contribution in [0.3, 0.4) is 0 Å². The Kier molecular flexibility index (Phi) is 6.16. The van der Waals surface area contributed by atoms with E-state index < -0.39 is 6.04 Å². The van der Waals surface area contributed by atoms with Crippen molar-refractivity contribution < 1.29 is 9.90 Å². The summed E-state index contributed by atoms with van der Waals surface area (Å²) < 4.78 is 0. The third-order valence-corrected chi connectivity index (χ3v) is 4.79. The van der Waals surface area contributed by atoms with E-state index in [0.29, 0.717) is 17.0 Å². The monoisotopic (exact) mass is 395 g/mol. The van der Waals surface area contributed by atoms with Gasteiger partial charge in [0.25, 0.3) is 5.91 Å². The second-order valence-corrected chi connectivity index (χ2v) is 6.95. The van der Waals surface area contributed by atoms with Gasteiger partial charge in [-0.2, -0.15) is 5.10 Å². The summed E-state index contributed by atoms with van der Waals surface area (Å²) in [4.78, 5) is 12.5. The van der Waals surface area contributed by atoms with Crippen LogP contribution in [0.1, 0.15) is 24.5 Å². The molecule has 3 rings (SSSR count). The predicted octanol–water partition coefficient (Wildman–Crippen LogP) is 4.85. The lowest BCUT2D eigenvalue weighted by Gasteiger charge is -2.18. The summed E-state index contributed by atoms with van der Waals surface area (Å²) >= 11 is 5.98. The molecule has 5 nitrogen and oxygen atoms in total. The van der Waals surface area contributed by atoms with Gasteiger partial charge in [-0.15, -0.1) is 0 Å². The van der Waals surface area contributed by atoms with Crippen LogP contribution in [0.5, 0.6) is 5.75 Å². The highest BCUT2D eigenvalue weighted by atomic mass is 35.5. The van der Waals surface area contributed by atoms with Crippen molar-refractivity contribution in [1.29, 1.82) is 0 Å². The normalized spacial score (nSPS) is 12.2. The molecule has 0 spiro atoms. The minimum Gasteiger partial charge on any atom is -0.507 e. The van der Waals surface area contributed by atoms with Crippen LogP contribution in [0.4, 0.5) is 5.69 Å². The second-order valence-electron chi connectivity index (χ2n) is 6.52. The number of carbonyl (C=O) groups is 1. The largest absolute Gasteiger partial charge is 0.507 e. The van der Waals surface area contributed by atoms with Crippen LogP contribution in [0.15, 0.2) is 59.7 Å². The summed E-state index contributed by atoms with van der Waals surface area (Å²) in [5, 5.41) is 19.9. The number of aryl methyl sites for hydroxylation is 1. The van der Waals surface area contributed by atoms with Gasteiger partial charge in [-0.3, -0.25) is 4.79 Å². The molecule has 1 unspecified atom stereocenters. The van der Waals surface area contributed by atoms with Crippen molar-refractivity contribution in [2.75, 3.05) is 5.32 Å². The quantitative estimate of drug-likeness (QED) is 0.412. The number of hydrogen-bond acceptors (Lipinski definition) is 4. The number of hydrazone groups is 1. The van der Waals surface area contributed by atoms with Crippen molar-refractivity contribution >= 4 is 40.2 Å². The number of phenols is 1. The van der Waals surface area contributed by atoms with Crippen molar-refractivity contribution in [2.24, 2.45) is 5.10 Å². The molecule has 144 valence electrons. The maximum Gasteiger partial charge on any atom is 0.262 e. The first-order valence-electron chi connectivity index (χ1n) is 9.06. The van der Waals surface area contributed by atoms with E-state index in [0.717, 1.165) is 22.0 Å². The number of phenolic OH excluding ortho intramolecular Hbond substituents is 1. The fourth-order valence-corrected chi connectivity index (χ4v) is 3.21. The van der Waals surface area contributed by atoms with Gasteiger partial charge in [-0.1, -0.05) is 48.9 Å². The topological polar surface area (TPSA) is 73.7 Å². The lowest BCUT2D eigenvalue weighted by molar-refractivity contribution is -0.121. The van der Waals surface area contributed by atoms with Crippen LogP contribution in [-0.4, -0.2) is 23.3 Å². The van der Waals surface area contributed by atoms with E-state index in [1.54, 1.807) is 12.1 Å². The molecule has 1 atom stereocenters. The fourth-order valence-electron chi connectivity index (χ4n) is 2.99. The first-order chi connectivity index (χ1) is 13.5. The summed E-state index contributed by atoms with van der Waals surface area (Å²) in [5.41, 5.74) is 4.93. The molecule has 0 bridgehead atoms. The lowest BCUT2D eigenvalue weighted by Crippen LogP contribution is -2.37. The standard InChI is InChI=1S/C22H22ClN3O2/c1-3-19(25-20-10-9-16(23)12-14(20)2)22(28)26-24-13-18-17-7-5-4-6-15(17)8-11-21(18)27/h4-13,19,25,27H,3H2,1-2H3,(H,26,28). The van der Waals surface area contributed by atoms with Gasteiger partial charge in [0.1, 0.15) is 11.8 Å². The van der Waals surface area contributed by atoms with Gasteiger partial charge in [-0.25, -0.2) is 5.43 Å². The molecule has 0 radical (unpaired) electrons. The van der Waals surface area contributed by atoms with E-state index in [1.807, 2.05) is 56.3 Å². The highest BCUT2D eigenvalue weighted by Gasteiger charge is 2.16. The zero-order valence-corrected chi connectivity index (χ0v) is 16.5. The number of nitrogens with one attached hydrogen (secondary N) is 2. The van der Waals surface area contributed by atoms with E-state index in [-0.39, 0.29) is 11.7 Å². The number of hydrogen-bond donors (Lipinski definition) is 3. The average Bonchev–Trinajstić information content (AvgIpc) is 2.69. The van der Waals surface area contributed by atoms with Crippen molar-refractivity contribution in [3.05, 3.63) is 70.7 Å². The van der Waals surface area contributed by atoms with Gasteiger partial charge in [-0.05, 0) is 53.9 Å². The second kappa shape index (κ2) is 8.76. The minimum atomic E-state index is -0.446. The summed E-state index contributed by atoms with van der Waals surface area (Å²) in [6.07, 6.45) is 2.05. The van der Waals surface area contributed by atoms with Crippen LogP contribution in [-0.2, 0) is 4.79 Å². The Labute approximate surface area is 169 Å². The Morgan fingerprint density at radius 3 is 2.75 bits per heavy atom. The average molecular weight is 396 g/mol. The smallest absolute Gasteiger partial charge is 0.262 e. The number of aromatic hydroxyl groups is 1. The number of anilines is 1. The van der Waals surface area contributed by atoms with E-state index in [1.165, 1.54) is 6.21 Å². The molecular formula is C22H22ClN3O2. The Bertz CT molecular complexity index is 1030. The molecule has 28 heavy (non-hydrogen) atoms. The predicted molar refractivity (Wildman–Crippen MR) is 115 cm³/mol. The number of amides is 1. The Balaban J connectivity index is 1.73. The van der Waals surface area contributed by atoms with Crippen LogP contribution < -0.4 is 10.7 Å². The van der Waals surface area contributed by atoms with Gasteiger partial charge < -0.3 is 10.4 Å². The molecule has 6 heteroatoms. The molecule has 0 aliphatic carbocycles. The molecule has 0 heterocycles. The lowest BCUT2D eigenvalue weighted by atomic mass is 10.0. The number of carbonyl (C=O) groups excluding carboxylic acids is 1. The highest BCUT2D eigenvalue weighted by molar-refractivity contribution is 6.30. The molecule has 3 aromatic rings. The molecule has 0 aliphatic heterocycles. The van der Waals surface area contributed by atoms with E-state index in [9.17, 15) is 9.90 Å². The van der Waals surface area contributed by atoms with E-state index >= 15 is 0 Å². The molecule has 0 aliphatic rings. The molecule has 3 N–H and O–H groups in total. The number of fused-ring (bicyclic) bond motifs is 1. The number of halogens is 1. The molecular weight excluding hydrogens is 374 g/mol. The van der Waals surface area contributed by atoms with Gasteiger partial charge >= 0.3 is 0 Å². The van der Waals surface area contributed by atoms with Crippen molar-refractivity contribution in [1.82, 2.24) is 5.43 Å². The van der Waals surface area contributed by atoms with E-state index in [2.05, 4.69) is 15.8 Å². The summed E-state index contributed by atoms with van der Waals surface area (Å²) in [6, 6.07) is 16.2. The zero-order chi connectivity index (χ0) is 20.1. The third kappa shape index (κ3) is 4.43. The molecule has 0 fully saturated rings. The fraction of sp³-hybridized carbons (Fsp3) is 0.182. The van der Waals surface area contributed by atoms with Gasteiger partial charge in [0.2, 0.25) is 0 Å². The summed E-state index contributed by atoms with van der Waals surface area (Å²) in [5.74, 6) is -0.147. The summed E-state index contributed by atoms with van der Waals surface area (Å²) in [6.45, 7) is 3.85. The molecule has 0 aromatic heterocycles. The van der Waals surface area contributed by atoms with Crippen molar-refractivity contribution in [2.45, 2.75) is 26.3 Å². The van der Waals surface area contributed by atoms with Crippen LogP contribution in [0, 0.1) is 6.92 Å². The Hall–Kier alpha value is -3.05. The van der Waals surface area contributed by atoms with Gasteiger partial charge in [0.15, 0.2) is 0 Å². The zero-order valence-electron chi connectivity index (χ0n) is 15.7. The highest BCUT2D eigenvalue weighted by Crippen LogP contribution is 2.25. The molecule has 0 saturated heterocycles. The van der Waals surface area contributed by atoms with E-state index in [4.69, 9.17) is 11.6 Å². The molecule has 0 saturated carbocycles. The maximum atomic E-state index is 12.5. The van der Waals surface area contributed by atoms with Crippen LogP contribution in [0.25, 0.3) is 10.8 Å². The first-order valence-corrected chi connectivity index (χ1v) is 9.43. The first kappa shape index (κ1) is 19.7. The number of rotatable bonds is 6. The molecule has 1 amide bonds. The Morgan fingerprint density at radius 1 is 1.21 bits per heavy atom. The van der Waals surface area contributed by atoms with Crippen LogP contribution >= 0.6 is 11.6 Å². The SMILES string of the molecule is CCC(Nc1ccc(Cl)cc1C)C(=O)NN=Cc1c(O)ccc2ccccc12. The van der Waals surface area contributed by atoms with Gasteiger partial charge in [0, 0.05) is 16.3 Å². The summed E-state index contributed by atoms with van der Waals surface area (Å²) in [7, 11) is 0. The third-order valence-electron chi connectivity index (χ3n) is 4.56. The van der Waals surface area contributed by atoms with Gasteiger partial charge in [0.05, 0.1) is 6.21 Å².